The lowest BCUT2D eigenvalue weighted by Crippen LogP contribution is -2.30. The van der Waals surface area contributed by atoms with E-state index in [-0.39, 0.29) is 0 Å². The zero-order chi connectivity index (χ0) is 8.10. The summed E-state index contributed by atoms with van der Waals surface area (Å²) in [5.41, 5.74) is 1.01. The summed E-state index contributed by atoms with van der Waals surface area (Å²) in [5, 5.41) is 1.65. The van der Waals surface area contributed by atoms with Crippen LogP contribution in [0.25, 0.3) is 0 Å². The van der Waals surface area contributed by atoms with E-state index in [1.807, 2.05) is 30.3 Å². The van der Waals surface area contributed by atoms with Crippen LogP contribution in [0.2, 0.25) is 0 Å². The van der Waals surface area contributed by atoms with Gasteiger partial charge in [0.05, 0.1) is 12.2 Å². The molecule has 1 aromatic carbocycles. The van der Waals surface area contributed by atoms with Gasteiger partial charge in [-0.15, -0.1) is 6.58 Å². The molecule has 1 rings (SSSR count). The highest BCUT2D eigenvalue weighted by Gasteiger charge is 1.94. The SMILES string of the molecule is C=CCN(N)c1ccccc1. The summed E-state index contributed by atoms with van der Waals surface area (Å²) in [6.45, 7) is 4.28. The van der Waals surface area contributed by atoms with Gasteiger partial charge in [0, 0.05) is 0 Å². The monoisotopic (exact) mass is 148 g/mol. The van der Waals surface area contributed by atoms with Gasteiger partial charge < -0.3 is 5.01 Å². The average Bonchev–Trinajstić information content (AvgIpc) is 2.07. The lowest BCUT2D eigenvalue weighted by atomic mass is 10.3. The maximum absolute atomic E-state index is 5.67. The van der Waals surface area contributed by atoms with Crippen molar-refractivity contribution < 1.29 is 0 Å². The number of nitrogens with two attached hydrogens (primary N) is 1. The Hall–Kier alpha value is -1.28. The van der Waals surface area contributed by atoms with Gasteiger partial charge in [-0.25, -0.2) is 5.84 Å². The van der Waals surface area contributed by atoms with Gasteiger partial charge in [-0.05, 0) is 12.1 Å². The molecule has 58 valence electrons. The van der Waals surface area contributed by atoms with Crippen molar-refractivity contribution in [1.82, 2.24) is 0 Å². The van der Waals surface area contributed by atoms with Gasteiger partial charge >= 0.3 is 0 Å². The van der Waals surface area contributed by atoms with Crippen molar-refractivity contribution in [3.8, 4) is 0 Å². The number of nitrogens with zero attached hydrogens (tertiary/aromatic N) is 1. The lowest BCUT2D eigenvalue weighted by Gasteiger charge is -2.15. The van der Waals surface area contributed by atoms with E-state index in [4.69, 9.17) is 5.84 Å². The summed E-state index contributed by atoms with van der Waals surface area (Å²) in [5.74, 6) is 5.67. The number of para-hydroxylation sites is 1. The molecule has 2 nitrogen and oxygen atoms in total. The minimum Gasteiger partial charge on any atom is -0.307 e. The zero-order valence-electron chi connectivity index (χ0n) is 6.40. The fourth-order valence-electron chi connectivity index (χ4n) is 0.864. The van der Waals surface area contributed by atoms with E-state index in [0.717, 1.165) is 5.69 Å². The molecule has 0 bridgehead atoms. The van der Waals surface area contributed by atoms with Crippen molar-refractivity contribution in [3.05, 3.63) is 43.0 Å². The summed E-state index contributed by atoms with van der Waals surface area (Å²) < 4.78 is 0. The first kappa shape index (κ1) is 7.82. The van der Waals surface area contributed by atoms with Gasteiger partial charge in [0.1, 0.15) is 0 Å². The molecule has 1 aromatic rings. The Labute approximate surface area is 66.9 Å². The number of hydrogen-bond donors (Lipinski definition) is 1. The molecule has 0 spiro atoms. The fourth-order valence-corrected chi connectivity index (χ4v) is 0.864. The van der Waals surface area contributed by atoms with Crippen molar-refractivity contribution in [1.29, 1.82) is 0 Å². The third kappa shape index (κ3) is 2.09. The predicted octanol–water partition coefficient (Wildman–Crippen LogP) is 1.55. The van der Waals surface area contributed by atoms with Crippen LogP contribution in [0.5, 0.6) is 0 Å². The Morgan fingerprint density at radius 1 is 1.36 bits per heavy atom. The van der Waals surface area contributed by atoms with Crippen molar-refractivity contribution in [2.24, 2.45) is 5.84 Å². The van der Waals surface area contributed by atoms with Crippen molar-refractivity contribution in [3.63, 3.8) is 0 Å². The number of rotatable bonds is 3. The Balaban J connectivity index is 2.68. The smallest absolute Gasteiger partial charge is 0.0520 e. The third-order valence-corrected chi connectivity index (χ3v) is 1.41. The van der Waals surface area contributed by atoms with E-state index in [2.05, 4.69) is 6.58 Å². The highest BCUT2D eigenvalue weighted by Crippen LogP contribution is 2.07. The number of benzene rings is 1. The Kier molecular flexibility index (Phi) is 2.69. The molecule has 0 unspecified atom stereocenters. The van der Waals surface area contributed by atoms with Gasteiger partial charge in [-0.3, -0.25) is 0 Å². The first-order valence-corrected chi connectivity index (χ1v) is 3.53. The fraction of sp³-hybridized carbons (Fsp3) is 0.111. The van der Waals surface area contributed by atoms with Crippen molar-refractivity contribution in [2.45, 2.75) is 0 Å². The van der Waals surface area contributed by atoms with Crippen LogP contribution in [-0.4, -0.2) is 6.54 Å². The van der Waals surface area contributed by atoms with E-state index in [9.17, 15) is 0 Å². The molecule has 0 saturated carbocycles. The minimum atomic E-state index is 0.671. The maximum atomic E-state index is 5.67. The molecule has 11 heavy (non-hydrogen) atoms. The molecule has 2 N–H and O–H groups in total. The predicted molar refractivity (Wildman–Crippen MR) is 48.2 cm³/mol. The first-order chi connectivity index (χ1) is 5.34. The molecule has 0 saturated heterocycles. The van der Waals surface area contributed by atoms with Gasteiger partial charge in [0.2, 0.25) is 0 Å². The van der Waals surface area contributed by atoms with Crippen LogP contribution in [-0.2, 0) is 0 Å². The molecular formula is C9H12N2. The van der Waals surface area contributed by atoms with E-state index in [0.29, 0.717) is 6.54 Å². The summed E-state index contributed by atoms with van der Waals surface area (Å²) in [6.07, 6.45) is 1.77. The molecule has 0 aliphatic carbocycles. The Morgan fingerprint density at radius 3 is 2.55 bits per heavy atom. The van der Waals surface area contributed by atoms with Gasteiger partial charge in [0.15, 0.2) is 0 Å². The normalized spacial score (nSPS) is 9.18. The van der Waals surface area contributed by atoms with Crippen molar-refractivity contribution >= 4 is 5.69 Å². The first-order valence-electron chi connectivity index (χ1n) is 3.53. The number of hydrogen-bond acceptors (Lipinski definition) is 2. The Morgan fingerprint density at radius 2 is 2.00 bits per heavy atom. The van der Waals surface area contributed by atoms with Gasteiger partial charge in [-0.2, -0.15) is 0 Å². The molecule has 0 aliphatic rings. The van der Waals surface area contributed by atoms with Crippen LogP contribution < -0.4 is 10.9 Å². The molecule has 0 aromatic heterocycles. The summed E-state index contributed by atoms with van der Waals surface area (Å²) in [7, 11) is 0. The lowest BCUT2D eigenvalue weighted by molar-refractivity contribution is 0.941. The molecule has 0 fully saturated rings. The number of hydrazine groups is 1. The van der Waals surface area contributed by atoms with Crippen LogP contribution in [0.1, 0.15) is 0 Å². The molecule has 2 heteroatoms. The van der Waals surface area contributed by atoms with E-state index < -0.39 is 0 Å². The van der Waals surface area contributed by atoms with Gasteiger partial charge in [-0.1, -0.05) is 24.3 Å². The van der Waals surface area contributed by atoms with Crippen LogP contribution in [0.4, 0.5) is 5.69 Å². The second-order valence-corrected chi connectivity index (χ2v) is 2.28. The Bertz CT molecular complexity index is 218. The van der Waals surface area contributed by atoms with E-state index in [1.165, 1.54) is 0 Å². The zero-order valence-corrected chi connectivity index (χ0v) is 6.40. The maximum Gasteiger partial charge on any atom is 0.0520 e. The largest absolute Gasteiger partial charge is 0.307 e. The number of anilines is 1. The third-order valence-electron chi connectivity index (χ3n) is 1.41. The molecule has 0 atom stereocenters. The second kappa shape index (κ2) is 3.78. The quantitative estimate of drug-likeness (QED) is 0.400. The van der Waals surface area contributed by atoms with Crippen LogP contribution in [0.15, 0.2) is 43.0 Å². The highest BCUT2D eigenvalue weighted by atomic mass is 15.4. The molecular weight excluding hydrogens is 136 g/mol. The summed E-state index contributed by atoms with van der Waals surface area (Å²) >= 11 is 0. The van der Waals surface area contributed by atoms with E-state index >= 15 is 0 Å². The standard InChI is InChI=1S/C9H12N2/c1-2-8-11(10)9-6-4-3-5-7-9/h2-7H,1,8,10H2. The molecule has 0 aliphatic heterocycles. The van der Waals surface area contributed by atoms with Crippen molar-refractivity contribution in [2.75, 3.05) is 11.6 Å². The molecule has 0 heterocycles. The van der Waals surface area contributed by atoms with Crippen LogP contribution >= 0.6 is 0 Å². The molecule has 0 amide bonds. The van der Waals surface area contributed by atoms with Crippen LogP contribution in [0.3, 0.4) is 0 Å². The highest BCUT2D eigenvalue weighted by molar-refractivity contribution is 5.44. The van der Waals surface area contributed by atoms with Gasteiger partial charge in [0.25, 0.3) is 0 Å². The molecule has 0 radical (unpaired) electrons. The second-order valence-electron chi connectivity index (χ2n) is 2.28. The summed E-state index contributed by atoms with van der Waals surface area (Å²) in [6, 6.07) is 9.80. The average molecular weight is 148 g/mol. The minimum absolute atomic E-state index is 0.671. The van der Waals surface area contributed by atoms with Crippen LogP contribution in [0, 0.1) is 0 Å². The topological polar surface area (TPSA) is 29.3 Å². The van der Waals surface area contributed by atoms with E-state index in [1.54, 1.807) is 11.1 Å². The summed E-state index contributed by atoms with van der Waals surface area (Å²) in [4.78, 5) is 0.